The number of hydrogen-bond donors (Lipinski definition) is 1. The predicted molar refractivity (Wildman–Crippen MR) is 152 cm³/mol. The predicted octanol–water partition coefficient (Wildman–Crippen LogP) is 6.19. The van der Waals surface area contributed by atoms with Gasteiger partial charge in [0.2, 0.25) is 5.91 Å². The summed E-state index contributed by atoms with van der Waals surface area (Å²) in [5.41, 5.74) is 1.68. The first-order valence-electron chi connectivity index (χ1n) is 13.5. The molecule has 1 unspecified atom stereocenters. The summed E-state index contributed by atoms with van der Waals surface area (Å²) in [6.07, 6.45) is 3.86. The van der Waals surface area contributed by atoms with Crippen molar-refractivity contribution in [3.8, 4) is 0 Å². The normalized spacial score (nSPS) is 19.2. The molecule has 2 aliphatic rings. The van der Waals surface area contributed by atoms with E-state index in [0.29, 0.717) is 6.04 Å². The third kappa shape index (κ3) is 4.84. The minimum atomic E-state index is 0. The van der Waals surface area contributed by atoms with Crippen LogP contribution in [0.2, 0.25) is 0 Å². The molecule has 1 atom stereocenters. The first-order valence-corrected chi connectivity index (χ1v) is 13.5. The number of nitrogens with zero attached hydrogens (tertiary/aromatic N) is 2. The van der Waals surface area contributed by atoms with Crippen molar-refractivity contribution in [1.29, 1.82) is 0 Å². The molecule has 4 aromatic carbocycles. The number of hydrogen-bond acceptors (Lipinski definition) is 3. The average molecular weight is 494 g/mol. The van der Waals surface area contributed by atoms with Crippen molar-refractivity contribution in [1.82, 2.24) is 9.80 Å². The monoisotopic (exact) mass is 493 g/mol. The van der Waals surface area contributed by atoms with Gasteiger partial charge in [-0.3, -0.25) is 14.5 Å². The minimum absolute atomic E-state index is 0. The van der Waals surface area contributed by atoms with Gasteiger partial charge in [0.05, 0.1) is 11.5 Å². The highest BCUT2D eigenvalue weighted by Crippen LogP contribution is 2.31. The summed E-state index contributed by atoms with van der Waals surface area (Å²) in [4.78, 5) is 31.3. The maximum absolute atomic E-state index is 13.9. The third-order valence-corrected chi connectivity index (χ3v) is 8.12. The van der Waals surface area contributed by atoms with Gasteiger partial charge in [-0.05, 0) is 72.0 Å². The van der Waals surface area contributed by atoms with Crippen LogP contribution in [0.1, 0.15) is 37.5 Å². The largest absolute Gasteiger partial charge is 0.338 e. The zero-order chi connectivity index (χ0) is 25.2. The lowest BCUT2D eigenvalue weighted by atomic mass is 9.92. The highest BCUT2D eigenvalue weighted by molar-refractivity contribution is 6.18. The van der Waals surface area contributed by atoms with E-state index in [4.69, 9.17) is 0 Å². The Balaban J connectivity index is 0.00000294. The molecule has 5 nitrogen and oxygen atoms in total. The summed E-state index contributed by atoms with van der Waals surface area (Å²) in [6.45, 7) is 3.32. The summed E-state index contributed by atoms with van der Waals surface area (Å²) in [5.74, 6) is 0.257. The van der Waals surface area contributed by atoms with E-state index in [1.165, 1.54) is 0 Å². The second-order valence-electron chi connectivity index (χ2n) is 10.4. The number of carbonyl (C=O) groups excluding carboxylic acids is 2. The summed E-state index contributed by atoms with van der Waals surface area (Å²) >= 11 is 0. The molecule has 0 spiro atoms. The van der Waals surface area contributed by atoms with Crippen molar-refractivity contribution in [2.24, 2.45) is 5.92 Å². The fourth-order valence-electron chi connectivity index (χ4n) is 6.15. The van der Waals surface area contributed by atoms with Gasteiger partial charge < -0.3 is 10.2 Å². The van der Waals surface area contributed by atoms with Gasteiger partial charge in [0.15, 0.2) is 0 Å². The number of benzene rings is 4. The lowest BCUT2D eigenvalue weighted by Crippen LogP contribution is -2.51. The van der Waals surface area contributed by atoms with E-state index in [1.807, 2.05) is 59.5 Å². The molecule has 2 heterocycles. The lowest BCUT2D eigenvalue weighted by Gasteiger charge is -2.42. The van der Waals surface area contributed by atoms with Gasteiger partial charge in [-0.2, -0.15) is 0 Å². The van der Waals surface area contributed by atoms with Crippen LogP contribution >= 0.6 is 0 Å². The maximum atomic E-state index is 13.9. The Kier molecular flexibility index (Phi) is 6.62. The van der Waals surface area contributed by atoms with E-state index in [-0.39, 0.29) is 19.2 Å². The zero-order valence-corrected chi connectivity index (χ0v) is 21.1. The standard InChI is InChI=1S/C32H33N3O2.H2/c36-31(33-26-12-2-1-3-13-26)25-11-8-18-35(22-25)27-16-19-34(20-17-27)32(37)30-28-14-6-4-9-23(28)21-24-10-5-7-15-29(24)30;/h1-7,9-10,12-15,21,25,27H,8,11,16-20,22H2,(H,33,36);1H. The molecule has 2 amide bonds. The van der Waals surface area contributed by atoms with E-state index in [9.17, 15) is 9.59 Å². The second kappa shape index (κ2) is 10.3. The zero-order valence-electron chi connectivity index (χ0n) is 21.1. The van der Waals surface area contributed by atoms with Crippen LogP contribution < -0.4 is 5.32 Å². The van der Waals surface area contributed by atoms with Crippen LogP contribution in [0.3, 0.4) is 0 Å². The first-order chi connectivity index (χ1) is 18.2. The summed E-state index contributed by atoms with van der Waals surface area (Å²) in [7, 11) is 0. The SMILES string of the molecule is O=C(Nc1ccccc1)C1CCCN(C2CCN(C(=O)c3c4ccccc4cc4ccccc34)CC2)C1.[HH]. The molecule has 2 saturated heterocycles. The molecule has 2 aliphatic heterocycles. The van der Waals surface area contributed by atoms with E-state index in [0.717, 1.165) is 84.7 Å². The van der Waals surface area contributed by atoms with Crippen molar-refractivity contribution < 1.29 is 11.0 Å². The minimum Gasteiger partial charge on any atom is -0.338 e. The second-order valence-corrected chi connectivity index (χ2v) is 10.4. The summed E-state index contributed by atoms with van der Waals surface area (Å²) in [5, 5.41) is 7.34. The molecule has 0 aromatic heterocycles. The molecule has 5 heteroatoms. The Labute approximate surface area is 219 Å². The maximum Gasteiger partial charge on any atom is 0.255 e. The highest BCUT2D eigenvalue weighted by Gasteiger charge is 2.33. The fraction of sp³-hybridized carbons (Fsp3) is 0.312. The van der Waals surface area contributed by atoms with Crippen molar-refractivity contribution in [2.45, 2.75) is 31.7 Å². The molecule has 190 valence electrons. The van der Waals surface area contributed by atoms with Gasteiger partial charge in [-0.1, -0.05) is 66.7 Å². The number of piperidine rings is 2. The Morgan fingerprint density at radius 3 is 2.05 bits per heavy atom. The van der Waals surface area contributed by atoms with Crippen LogP contribution in [-0.2, 0) is 4.79 Å². The Hall–Kier alpha value is -3.70. The molecule has 2 fully saturated rings. The average Bonchev–Trinajstić information content (AvgIpc) is 2.96. The molecule has 4 aromatic rings. The van der Waals surface area contributed by atoms with Crippen LogP contribution in [-0.4, -0.2) is 53.8 Å². The number of para-hydroxylation sites is 1. The smallest absolute Gasteiger partial charge is 0.255 e. The molecule has 0 radical (unpaired) electrons. The summed E-state index contributed by atoms with van der Waals surface area (Å²) < 4.78 is 0. The van der Waals surface area contributed by atoms with Crippen molar-refractivity contribution >= 4 is 39.0 Å². The molecule has 0 saturated carbocycles. The number of carbonyl (C=O) groups is 2. The first kappa shape index (κ1) is 23.7. The molecule has 0 bridgehead atoms. The number of rotatable bonds is 4. The van der Waals surface area contributed by atoms with E-state index in [2.05, 4.69) is 40.5 Å². The van der Waals surface area contributed by atoms with E-state index >= 15 is 0 Å². The van der Waals surface area contributed by atoms with Crippen LogP contribution in [0, 0.1) is 5.92 Å². The van der Waals surface area contributed by atoms with Gasteiger partial charge in [-0.25, -0.2) is 0 Å². The summed E-state index contributed by atoms with van der Waals surface area (Å²) in [6, 6.07) is 28.7. The quantitative estimate of drug-likeness (QED) is 0.345. The lowest BCUT2D eigenvalue weighted by molar-refractivity contribution is -0.122. The van der Waals surface area contributed by atoms with Crippen LogP contribution in [0.5, 0.6) is 0 Å². The number of nitrogens with one attached hydrogen (secondary N) is 1. The van der Waals surface area contributed by atoms with Crippen LogP contribution in [0.4, 0.5) is 5.69 Å². The Morgan fingerprint density at radius 1 is 0.757 bits per heavy atom. The van der Waals surface area contributed by atoms with Gasteiger partial charge in [0.25, 0.3) is 5.91 Å². The molecule has 0 aliphatic carbocycles. The van der Waals surface area contributed by atoms with Crippen molar-refractivity contribution in [3.05, 3.63) is 90.5 Å². The molecule has 37 heavy (non-hydrogen) atoms. The number of anilines is 1. The Morgan fingerprint density at radius 2 is 1.38 bits per heavy atom. The van der Waals surface area contributed by atoms with Crippen molar-refractivity contribution in [3.63, 3.8) is 0 Å². The number of likely N-dealkylation sites (tertiary alicyclic amines) is 2. The Bertz CT molecular complexity index is 1380. The van der Waals surface area contributed by atoms with Gasteiger partial charge in [0.1, 0.15) is 0 Å². The molecule has 1 N–H and O–H groups in total. The number of fused-ring (bicyclic) bond motifs is 2. The topological polar surface area (TPSA) is 52.7 Å². The van der Waals surface area contributed by atoms with Gasteiger partial charge >= 0.3 is 0 Å². The van der Waals surface area contributed by atoms with E-state index in [1.54, 1.807) is 0 Å². The van der Waals surface area contributed by atoms with Gasteiger partial charge in [-0.15, -0.1) is 0 Å². The molecular weight excluding hydrogens is 458 g/mol. The van der Waals surface area contributed by atoms with E-state index < -0.39 is 0 Å². The van der Waals surface area contributed by atoms with Crippen LogP contribution in [0.15, 0.2) is 84.9 Å². The van der Waals surface area contributed by atoms with Crippen LogP contribution in [0.25, 0.3) is 21.5 Å². The third-order valence-electron chi connectivity index (χ3n) is 8.12. The highest BCUT2D eigenvalue weighted by atomic mass is 16.2. The molecule has 6 rings (SSSR count). The fourth-order valence-corrected chi connectivity index (χ4v) is 6.15. The number of amides is 2. The van der Waals surface area contributed by atoms with Gasteiger partial charge in [0, 0.05) is 32.8 Å². The molecular formula is C32H35N3O2. The van der Waals surface area contributed by atoms with Crippen molar-refractivity contribution in [2.75, 3.05) is 31.5 Å².